The van der Waals surface area contributed by atoms with Crippen molar-refractivity contribution in [2.45, 2.75) is 45.1 Å². The van der Waals surface area contributed by atoms with Gasteiger partial charge in [-0.05, 0) is 18.6 Å². The number of halogens is 3. The fraction of sp³-hybridized carbons (Fsp3) is 0.643. The standard InChI is InChI=1S/C14H20F3N3O3S/c1-7(13(2,3)4)23-12(21)19-9-8(14(15,16)17)10(22-5)20-11(18-9)24-6/h7H,1-6H3,(H,18,19,20,21). The zero-order valence-corrected chi connectivity index (χ0v) is 15.1. The Kier molecular flexibility index (Phi) is 6.32. The number of aromatic nitrogens is 2. The van der Waals surface area contributed by atoms with Crippen LogP contribution in [0.5, 0.6) is 5.88 Å². The van der Waals surface area contributed by atoms with Crippen LogP contribution in [0.15, 0.2) is 5.16 Å². The molecule has 6 nitrogen and oxygen atoms in total. The third-order valence-electron chi connectivity index (χ3n) is 3.24. The van der Waals surface area contributed by atoms with Crippen molar-refractivity contribution in [2.24, 2.45) is 5.41 Å². The number of alkyl halides is 3. The summed E-state index contributed by atoms with van der Waals surface area (Å²) < 4.78 is 49.6. The summed E-state index contributed by atoms with van der Waals surface area (Å²) in [6.07, 6.45) is -4.77. The van der Waals surface area contributed by atoms with Crippen LogP contribution >= 0.6 is 11.8 Å². The number of amides is 1. The van der Waals surface area contributed by atoms with Crippen LogP contribution in [0.1, 0.15) is 33.3 Å². The summed E-state index contributed by atoms with van der Waals surface area (Å²) in [5.41, 5.74) is -1.62. The third-order valence-corrected chi connectivity index (χ3v) is 3.79. The molecule has 0 fully saturated rings. The van der Waals surface area contributed by atoms with Gasteiger partial charge in [0.2, 0.25) is 5.88 Å². The first-order valence-electron chi connectivity index (χ1n) is 6.95. The fourth-order valence-electron chi connectivity index (χ4n) is 1.47. The Balaban J connectivity index is 3.20. The average molecular weight is 367 g/mol. The second-order valence-electron chi connectivity index (χ2n) is 5.98. The lowest BCUT2D eigenvalue weighted by atomic mass is 9.90. The molecule has 1 unspecified atom stereocenters. The Morgan fingerprint density at radius 2 is 1.83 bits per heavy atom. The number of hydrogen-bond acceptors (Lipinski definition) is 6. The lowest BCUT2D eigenvalue weighted by Crippen LogP contribution is -2.31. The molecule has 1 aromatic rings. The molecule has 0 saturated heterocycles. The van der Waals surface area contributed by atoms with Crippen LogP contribution in [-0.2, 0) is 10.9 Å². The van der Waals surface area contributed by atoms with Crippen molar-refractivity contribution in [3.05, 3.63) is 5.56 Å². The van der Waals surface area contributed by atoms with E-state index in [0.717, 1.165) is 18.9 Å². The molecule has 0 aliphatic heterocycles. The molecule has 1 heterocycles. The van der Waals surface area contributed by atoms with Gasteiger partial charge in [0.05, 0.1) is 7.11 Å². The average Bonchev–Trinajstić information content (AvgIpc) is 2.43. The highest BCUT2D eigenvalue weighted by Gasteiger charge is 2.40. The quantitative estimate of drug-likeness (QED) is 0.635. The normalized spacial score (nSPS) is 13.4. The highest BCUT2D eigenvalue weighted by atomic mass is 32.2. The Bertz CT molecular complexity index is 603. The van der Waals surface area contributed by atoms with E-state index in [-0.39, 0.29) is 10.6 Å². The number of rotatable bonds is 4. The van der Waals surface area contributed by atoms with E-state index in [2.05, 4.69) is 9.97 Å². The molecule has 0 aliphatic rings. The molecule has 0 aromatic carbocycles. The van der Waals surface area contributed by atoms with Gasteiger partial charge in [-0.3, -0.25) is 5.32 Å². The van der Waals surface area contributed by atoms with Crippen molar-refractivity contribution in [1.82, 2.24) is 9.97 Å². The number of anilines is 1. The second kappa shape index (κ2) is 7.45. The summed E-state index contributed by atoms with van der Waals surface area (Å²) in [4.78, 5) is 19.3. The van der Waals surface area contributed by atoms with E-state index in [1.165, 1.54) is 0 Å². The Labute approximate surface area is 142 Å². The van der Waals surface area contributed by atoms with E-state index >= 15 is 0 Å². The summed E-state index contributed by atoms with van der Waals surface area (Å²) in [7, 11) is 1.06. The van der Waals surface area contributed by atoms with Gasteiger partial charge in [-0.2, -0.15) is 18.2 Å². The number of carbonyl (C=O) groups excluding carboxylic acids is 1. The minimum absolute atomic E-state index is 0.0269. The molecule has 1 amide bonds. The van der Waals surface area contributed by atoms with Crippen molar-refractivity contribution < 1.29 is 27.4 Å². The van der Waals surface area contributed by atoms with Gasteiger partial charge in [-0.1, -0.05) is 32.5 Å². The number of nitrogens with one attached hydrogen (secondary N) is 1. The Morgan fingerprint density at radius 1 is 1.25 bits per heavy atom. The first kappa shape index (κ1) is 20.3. The second-order valence-corrected chi connectivity index (χ2v) is 6.75. The van der Waals surface area contributed by atoms with E-state index in [9.17, 15) is 18.0 Å². The van der Waals surface area contributed by atoms with Crippen LogP contribution in [0, 0.1) is 5.41 Å². The van der Waals surface area contributed by atoms with Gasteiger partial charge < -0.3 is 9.47 Å². The van der Waals surface area contributed by atoms with Crippen molar-refractivity contribution in [3.8, 4) is 5.88 Å². The summed E-state index contributed by atoms with van der Waals surface area (Å²) in [5.74, 6) is -1.37. The minimum atomic E-state index is -4.81. The van der Waals surface area contributed by atoms with Gasteiger partial charge in [0, 0.05) is 0 Å². The van der Waals surface area contributed by atoms with Crippen molar-refractivity contribution in [2.75, 3.05) is 18.7 Å². The van der Waals surface area contributed by atoms with Gasteiger partial charge in [-0.25, -0.2) is 9.78 Å². The highest BCUT2D eigenvalue weighted by molar-refractivity contribution is 7.98. The molecule has 0 saturated carbocycles. The molecule has 0 bridgehead atoms. The molecular weight excluding hydrogens is 347 g/mol. The van der Waals surface area contributed by atoms with Crippen LogP contribution in [-0.4, -0.2) is 35.5 Å². The largest absolute Gasteiger partial charge is 0.480 e. The number of hydrogen-bond donors (Lipinski definition) is 1. The van der Waals surface area contributed by atoms with E-state index < -0.39 is 35.6 Å². The van der Waals surface area contributed by atoms with Crippen molar-refractivity contribution in [3.63, 3.8) is 0 Å². The maximum absolute atomic E-state index is 13.3. The van der Waals surface area contributed by atoms with Crippen LogP contribution in [0.3, 0.4) is 0 Å². The SMILES string of the molecule is COc1nc(SC)nc(NC(=O)OC(C)C(C)(C)C)c1C(F)(F)F. The van der Waals surface area contributed by atoms with Crippen LogP contribution in [0.2, 0.25) is 0 Å². The number of methoxy groups -OCH3 is 1. The summed E-state index contributed by atoms with van der Waals surface area (Å²) in [5, 5.41) is 2.07. The maximum Gasteiger partial charge on any atom is 0.425 e. The van der Waals surface area contributed by atoms with E-state index in [4.69, 9.17) is 9.47 Å². The third kappa shape index (κ3) is 5.15. The van der Waals surface area contributed by atoms with Crippen LogP contribution in [0.25, 0.3) is 0 Å². The zero-order chi connectivity index (χ0) is 18.7. The number of nitrogens with zero attached hydrogens (tertiary/aromatic N) is 2. The monoisotopic (exact) mass is 367 g/mol. The summed E-state index contributed by atoms with van der Waals surface area (Å²) >= 11 is 1.02. The molecule has 1 rings (SSSR count). The maximum atomic E-state index is 13.3. The molecule has 1 aromatic heterocycles. The van der Waals surface area contributed by atoms with E-state index in [0.29, 0.717) is 0 Å². The Hall–Kier alpha value is -1.71. The van der Waals surface area contributed by atoms with Gasteiger partial charge in [0.25, 0.3) is 0 Å². The number of thioether (sulfide) groups is 1. The lowest BCUT2D eigenvalue weighted by Gasteiger charge is -2.27. The Morgan fingerprint density at radius 3 is 2.25 bits per heavy atom. The minimum Gasteiger partial charge on any atom is -0.480 e. The molecular formula is C14H20F3N3O3S. The highest BCUT2D eigenvalue weighted by Crippen LogP contribution is 2.40. The topological polar surface area (TPSA) is 73.3 Å². The molecule has 0 aliphatic carbocycles. The van der Waals surface area contributed by atoms with Gasteiger partial charge in [0.15, 0.2) is 16.5 Å². The molecule has 10 heteroatoms. The summed E-state index contributed by atoms with van der Waals surface area (Å²) in [6.45, 7) is 7.17. The van der Waals surface area contributed by atoms with Gasteiger partial charge in [-0.15, -0.1) is 0 Å². The molecule has 0 radical (unpaired) electrons. The number of carbonyl (C=O) groups is 1. The summed E-state index contributed by atoms with van der Waals surface area (Å²) in [6, 6.07) is 0. The predicted octanol–water partition coefficient (Wildman–Crippen LogP) is 4.21. The first-order chi connectivity index (χ1) is 10.9. The molecule has 1 atom stereocenters. The smallest absolute Gasteiger partial charge is 0.425 e. The zero-order valence-electron chi connectivity index (χ0n) is 14.2. The van der Waals surface area contributed by atoms with Gasteiger partial charge in [0.1, 0.15) is 6.10 Å². The van der Waals surface area contributed by atoms with E-state index in [1.54, 1.807) is 13.2 Å². The van der Waals surface area contributed by atoms with Gasteiger partial charge >= 0.3 is 12.3 Å². The first-order valence-corrected chi connectivity index (χ1v) is 8.17. The van der Waals surface area contributed by atoms with Crippen LogP contribution in [0.4, 0.5) is 23.8 Å². The van der Waals surface area contributed by atoms with Crippen molar-refractivity contribution >= 4 is 23.7 Å². The van der Waals surface area contributed by atoms with Crippen LogP contribution < -0.4 is 10.1 Å². The number of ether oxygens (including phenoxy) is 2. The van der Waals surface area contributed by atoms with Crippen molar-refractivity contribution in [1.29, 1.82) is 0 Å². The molecule has 0 spiro atoms. The molecule has 24 heavy (non-hydrogen) atoms. The molecule has 1 N–H and O–H groups in total. The lowest BCUT2D eigenvalue weighted by molar-refractivity contribution is -0.138. The predicted molar refractivity (Wildman–Crippen MR) is 84.4 cm³/mol. The fourth-order valence-corrected chi connectivity index (χ4v) is 1.83. The van der Waals surface area contributed by atoms with E-state index in [1.807, 2.05) is 26.1 Å². The molecule has 136 valence electrons.